The summed E-state index contributed by atoms with van der Waals surface area (Å²) in [7, 11) is 0. The Bertz CT molecular complexity index is 624. The molecule has 0 fully saturated rings. The lowest BCUT2D eigenvalue weighted by Crippen LogP contribution is -2.32. The topological polar surface area (TPSA) is 71.1 Å². The maximum absolute atomic E-state index is 11.8. The first kappa shape index (κ1) is 15.7. The highest BCUT2D eigenvalue weighted by Crippen LogP contribution is 2.10. The number of pyridine rings is 1. The van der Waals surface area contributed by atoms with Gasteiger partial charge >= 0.3 is 0 Å². The zero-order valence-electron chi connectivity index (χ0n) is 12.5. The average molecular weight is 297 g/mol. The molecular weight excluding hydrogens is 278 g/mol. The number of anilines is 1. The van der Waals surface area contributed by atoms with Crippen LogP contribution in [0.15, 0.2) is 48.8 Å². The molecule has 114 valence electrons. The predicted molar refractivity (Wildman–Crippen MR) is 85.6 cm³/mol. The van der Waals surface area contributed by atoms with E-state index in [4.69, 9.17) is 0 Å². The minimum absolute atomic E-state index is 0.0716. The van der Waals surface area contributed by atoms with Crippen LogP contribution in [-0.4, -0.2) is 23.3 Å². The molecular formula is C17H19N3O2. The minimum atomic E-state index is -0.296. The lowest BCUT2D eigenvalue weighted by molar-refractivity contribution is -0.115. The Morgan fingerprint density at radius 3 is 2.36 bits per heavy atom. The van der Waals surface area contributed by atoms with Crippen LogP contribution >= 0.6 is 0 Å². The zero-order chi connectivity index (χ0) is 15.8. The van der Waals surface area contributed by atoms with E-state index in [9.17, 15) is 9.59 Å². The Kier molecular flexibility index (Phi) is 5.65. The molecule has 2 rings (SSSR count). The van der Waals surface area contributed by atoms with Gasteiger partial charge in [-0.1, -0.05) is 25.5 Å². The van der Waals surface area contributed by atoms with Crippen LogP contribution in [0, 0.1) is 0 Å². The molecule has 1 heterocycles. The molecule has 2 N–H and O–H groups in total. The summed E-state index contributed by atoms with van der Waals surface area (Å²) in [5.41, 5.74) is 2.45. The van der Waals surface area contributed by atoms with Crippen LogP contribution in [0.2, 0.25) is 0 Å². The van der Waals surface area contributed by atoms with Crippen molar-refractivity contribution in [3.8, 4) is 0 Å². The van der Waals surface area contributed by atoms with Gasteiger partial charge in [-0.2, -0.15) is 0 Å². The molecule has 0 atom stereocenters. The van der Waals surface area contributed by atoms with Crippen LogP contribution < -0.4 is 10.6 Å². The molecule has 1 aromatic heterocycles. The van der Waals surface area contributed by atoms with E-state index in [0.29, 0.717) is 5.56 Å². The maximum Gasteiger partial charge on any atom is 0.251 e. The number of aromatic nitrogens is 1. The molecule has 5 nitrogen and oxygen atoms in total. The third-order valence-electron chi connectivity index (χ3n) is 3.13. The summed E-state index contributed by atoms with van der Waals surface area (Å²) in [4.78, 5) is 27.5. The van der Waals surface area contributed by atoms with Crippen LogP contribution in [-0.2, 0) is 11.2 Å². The standard InChI is InChI=1S/C17H19N3O2/c1-2-3-13-4-6-15(7-5-13)20-16(21)12-19-17(22)14-8-10-18-11-9-14/h4-11H,2-3,12H2,1H3,(H,19,22)(H,20,21). The molecule has 0 spiro atoms. The fourth-order valence-electron chi connectivity index (χ4n) is 2.01. The van der Waals surface area contributed by atoms with Gasteiger partial charge < -0.3 is 10.6 Å². The van der Waals surface area contributed by atoms with Crippen molar-refractivity contribution in [1.82, 2.24) is 10.3 Å². The quantitative estimate of drug-likeness (QED) is 0.860. The van der Waals surface area contributed by atoms with Gasteiger partial charge in [0.05, 0.1) is 6.54 Å². The van der Waals surface area contributed by atoms with Gasteiger partial charge in [0.1, 0.15) is 0 Å². The normalized spacial score (nSPS) is 10.0. The van der Waals surface area contributed by atoms with E-state index in [1.54, 1.807) is 12.1 Å². The largest absolute Gasteiger partial charge is 0.343 e. The fourth-order valence-corrected chi connectivity index (χ4v) is 2.01. The highest BCUT2D eigenvalue weighted by atomic mass is 16.2. The number of carbonyl (C=O) groups is 2. The number of hydrogen-bond acceptors (Lipinski definition) is 3. The van der Waals surface area contributed by atoms with Crippen molar-refractivity contribution < 1.29 is 9.59 Å². The number of aryl methyl sites for hydroxylation is 1. The van der Waals surface area contributed by atoms with Crippen molar-refractivity contribution in [2.75, 3.05) is 11.9 Å². The van der Waals surface area contributed by atoms with Gasteiger partial charge in [-0.3, -0.25) is 14.6 Å². The van der Waals surface area contributed by atoms with Crippen molar-refractivity contribution in [2.24, 2.45) is 0 Å². The van der Waals surface area contributed by atoms with Crippen molar-refractivity contribution in [2.45, 2.75) is 19.8 Å². The van der Waals surface area contributed by atoms with Crippen LogP contribution in [0.5, 0.6) is 0 Å². The van der Waals surface area contributed by atoms with Crippen LogP contribution in [0.25, 0.3) is 0 Å². The molecule has 0 aliphatic rings. The third kappa shape index (κ3) is 4.70. The second-order valence-electron chi connectivity index (χ2n) is 4.91. The van der Waals surface area contributed by atoms with Gasteiger partial charge in [0, 0.05) is 23.6 Å². The van der Waals surface area contributed by atoms with Crippen LogP contribution in [0.4, 0.5) is 5.69 Å². The molecule has 2 aromatic rings. The predicted octanol–water partition coefficient (Wildman–Crippen LogP) is 2.40. The molecule has 0 unspecified atom stereocenters. The van der Waals surface area contributed by atoms with E-state index in [-0.39, 0.29) is 18.4 Å². The van der Waals surface area contributed by atoms with E-state index in [2.05, 4.69) is 22.5 Å². The number of hydrogen-bond donors (Lipinski definition) is 2. The first-order valence-corrected chi connectivity index (χ1v) is 7.26. The Balaban J connectivity index is 1.81. The smallest absolute Gasteiger partial charge is 0.251 e. The van der Waals surface area contributed by atoms with Gasteiger partial charge in [0.15, 0.2) is 0 Å². The maximum atomic E-state index is 11.8. The molecule has 2 amide bonds. The summed E-state index contributed by atoms with van der Waals surface area (Å²) in [6.45, 7) is 2.05. The fraction of sp³-hybridized carbons (Fsp3) is 0.235. The van der Waals surface area contributed by atoms with Gasteiger partial charge in [-0.25, -0.2) is 0 Å². The average Bonchev–Trinajstić information content (AvgIpc) is 2.55. The van der Waals surface area contributed by atoms with Crippen molar-refractivity contribution >= 4 is 17.5 Å². The zero-order valence-corrected chi connectivity index (χ0v) is 12.5. The molecule has 5 heteroatoms. The van der Waals surface area contributed by atoms with Gasteiger partial charge in [0.25, 0.3) is 5.91 Å². The van der Waals surface area contributed by atoms with E-state index < -0.39 is 0 Å². The second kappa shape index (κ2) is 7.93. The molecule has 0 bridgehead atoms. The summed E-state index contributed by atoms with van der Waals surface area (Å²) in [5, 5.41) is 5.32. The Labute approximate surface area is 129 Å². The highest BCUT2D eigenvalue weighted by molar-refractivity contribution is 5.99. The summed E-state index contributed by atoms with van der Waals surface area (Å²) in [6, 6.07) is 10.9. The third-order valence-corrected chi connectivity index (χ3v) is 3.13. The SMILES string of the molecule is CCCc1ccc(NC(=O)CNC(=O)c2ccncc2)cc1. The number of nitrogens with one attached hydrogen (secondary N) is 2. The molecule has 0 aliphatic carbocycles. The molecule has 0 saturated carbocycles. The Hall–Kier alpha value is -2.69. The monoisotopic (exact) mass is 297 g/mol. The van der Waals surface area contributed by atoms with Gasteiger partial charge in [0.2, 0.25) is 5.91 Å². The second-order valence-corrected chi connectivity index (χ2v) is 4.91. The molecule has 1 aromatic carbocycles. The summed E-state index contributed by atoms with van der Waals surface area (Å²) >= 11 is 0. The first-order chi connectivity index (χ1) is 10.7. The van der Waals surface area contributed by atoms with Crippen molar-refractivity contribution in [1.29, 1.82) is 0 Å². The number of nitrogens with zero attached hydrogens (tertiary/aromatic N) is 1. The van der Waals surface area contributed by atoms with E-state index in [1.807, 2.05) is 24.3 Å². The lowest BCUT2D eigenvalue weighted by atomic mass is 10.1. The minimum Gasteiger partial charge on any atom is -0.343 e. The number of benzene rings is 1. The molecule has 0 aliphatic heterocycles. The Morgan fingerprint density at radius 2 is 1.73 bits per heavy atom. The number of rotatable bonds is 6. The van der Waals surface area contributed by atoms with Crippen LogP contribution in [0.3, 0.4) is 0 Å². The van der Waals surface area contributed by atoms with Crippen molar-refractivity contribution in [3.05, 3.63) is 59.9 Å². The van der Waals surface area contributed by atoms with Gasteiger partial charge in [-0.15, -0.1) is 0 Å². The van der Waals surface area contributed by atoms with Gasteiger partial charge in [-0.05, 0) is 36.2 Å². The van der Waals surface area contributed by atoms with E-state index >= 15 is 0 Å². The molecule has 0 radical (unpaired) electrons. The van der Waals surface area contributed by atoms with Crippen molar-refractivity contribution in [3.63, 3.8) is 0 Å². The van der Waals surface area contributed by atoms with E-state index in [0.717, 1.165) is 18.5 Å². The Morgan fingerprint density at radius 1 is 1.05 bits per heavy atom. The number of carbonyl (C=O) groups excluding carboxylic acids is 2. The molecule has 0 saturated heterocycles. The summed E-state index contributed by atoms with van der Waals surface area (Å²) < 4.78 is 0. The summed E-state index contributed by atoms with van der Waals surface area (Å²) in [6.07, 6.45) is 5.18. The lowest BCUT2D eigenvalue weighted by Gasteiger charge is -2.07. The van der Waals surface area contributed by atoms with E-state index in [1.165, 1.54) is 18.0 Å². The van der Waals surface area contributed by atoms with Crippen LogP contribution in [0.1, 0.15) is 29.3 Å². The molecule has 22 heavy (non-hydrogen) atoms. The first-order valence-electron chi connectivity index (χ1n) is 7.26. The summed E-state index contributed by atoms with van der Waals surface area (Å²) in [5.74, 6) is -0.554. The number of amides is 2. The highest BCUT2D eigenvalue weighted by Gasteiger charge is 2.07.